The molecule has 2 heterocycles. The van der Waals surface area contributed by atoms with Crippen molar-refractivity contribution < 1.29 is 76.0 Å². The first-order valence-corrected chi connectivity index (χ1v) is 15.9. The highest BCUT2D eigenvalue weighted by Gasteiger charge is 2.38. The molecule has 0 N–H and O–H groups in total. The van der Waals surface area contributed by atoms with E-state index in [9.17, 15) is 19.2 Å². The first-order chi connectivity index (χ1) is 26.1. The Morgan fingerprint density at radius 3 is 0.963 bits per heavy atom. The summed E-state index contributed by atoms with van der Waals surface area (Å²) < 4.78 is 66.5. The predicted molar refractivity (Wildman–Crippen MR) is 187 cm³/mol. The lowest BCUT2D eigenvalue weighted by atomic mass is 9.91. The van der Waals surface area contributed by atoms with Gasteiger partial charge in [0, 0.05) is 22.3 Å². The zero-order valence-corrected chi connectivity index (χ0v) is 30.4. The molecule has 2 aliphatic rings. The Kier molecular flexibility index (Phi) is 10.3. The Labute approximate surface area is 308 Å². The number of Topliss-reactive ketones (excluding diaryl/α,β-unsaturated/α-hetero) is 4. The lowest BCUT2D eigenvalue weighted by Gasteiger charge is -2.18. The minimum Gasteiger partial charge on any atom is -0.493 e. The van der Waals surface area contributed by atoms with Gasteiger partial charge in [0.25, 0.3) is 0 Å². The zero-order chi connectivity index (χ0) is 38.8. The summed E-state index contributed by atoms with van der Waals surface area (Å²) in [6.07, 6.45) is 0. The highest BCUT2D eigenvalue weighted by atomic mass is 16.7. The van der Waals surface area contributed by atoms with Crippen LogP contribution in [-0.4, -0.2) is 93.6 Å². The molecule has 54 heavy (non-hydrogen) atoms. The van der Waals surface area contributed by atoms with Gasteiger partial charge in [-0.2, -0.15) is 0 Å². The molecule has 4 aromatic carbocycles. The summed E-state index contributed by atoms with van der Waals surface area (Å²) in [7, 11) is 10.9. The van der Waals surface area contributed by atoms with Crippen molar-refractivity contribution >= 4 is 23.1 Å². The van der Waals surface area contributed by atoms with Crippen LogP contribution in [0.5, 0.6) is 69.0 Å². The molecule has 6 rings (SSSR count). The number of methoxy groups -OCH3 is 8. The van der Waals surface area contributed by atoms with Gasteiger partial charge in [-0.15, -0.1) is 0 Å². The van der Waals surface area contributed by atoms with E-state index in [4.69, 9.17) is 56.8 Å². The van der Waals surface area contributed by atoms with E-state index in [0.29, 0.717) is 0 Å². The van der Waals surface area contributed by atoms with E-state index in [1.807, 2.05) is 0 Å². The van der Waals surface area contributed by atoms with Gasteiger partial charge in [0.05, 0.1) is 68.0 Å². The SMILES string of the molecule is COc1cc(C(=O)C(=O)c2cc(-c3cc(C(=O)C(=O)c4cc(OC)c(OC)c(OC)c4)c(OC)c4c3OCO4)c3c(c2OC)OCO3)cc(OC)c1OC. The molecule has 0 radical (unpaired) electrons. The van der Waals surface area contributed by atoms with Crippen molar-refractivity contribution in [1.29, 1.82) is 0 Å². The van der Waals surface area contributed by atoms with Gasteiger partial charge in [-0.25, -0.2) is 0 Å². The highest BCUT2D eigenvalue weighted by molar-refractivity contribution is 6.51. The molecule has 0 bridgehead atoms. The van der Waals surface area contributed by atoms with Crippen LogP contribution < -0.4 is 56.8 Å². The van der Waals surface area contributed by atoms with Crippen molar-refractivity contribution in [3.8, 4) is 80.1 Å². The first-order valence-electron chi connectivity index (χ1n) is 15.9. The minimum absolute atomic E-state index is 0.000834. The summed E-state index contributed by atoms with van der Waals surface area (Å²) in [5.41, 5.74) is -0.307. The molecular formula is C38H34O16. The second kappa shape index (κ2) is 15.0. The number of ketones is 4. The molecule has 16 heteroatoms. The number of carbonyl (C=O) groups excluding carboxylic acids is 4. The second-order valence-corrected chi connectivity index (χ2v) is 11.3. The quantitative estimate of drug-likeness (QED) is 0.117. The molecule has 0 fully saturated rings. The van der Waals surface area contributed by atoms with E-state index in [1.54, 1.807) is 0 Å². The van der Waals surface area contributed by atoms with Gasteiger partial charge >= 0.3 is 0 Å². The van der Waals surface area contributed by atoms with Crippen LogP contribution in [0.2, 0.25) is 0 Å². The minimum atomic E-state index is -1.00. The molecular weight excluding hydrogens is 712 g/mol. The number of hydrogen-bond donors (Lipinski definition) is 0. The average molecular weight is 747 g/mol. The maximum atomic E-state index is 14.1. The summed E-state index contributed by atoms with van der Waals surface area (Å²) in [6, 6.07) is 8.03. The summed E-state index contributed by atoms with van der Waals surface area (Å²) in [4.78, 5) is 56.0. The van der Waals surface area contributed by atoms with Crippen LogP contribution in [-0.2, 0) is 0 Å². The van der Waals surface area contributed by atoms with E-state index in [0.717, 1.165) is 0 Å². The second-order valence-electron chi connectivity index (χ2n) is 11.3. The fraction of sp³-hybridized carbons (Fsp3) is 0.263. The molecule has 0 amide bonds. The maximum absolute atomic E-state index is 14.1. The van der Waals surface area contributed by atoms with Crippen LogP contribution in [0.15, 0.2) is 36.4 Å². The molecule has 0 aliphatic carbocycles. The Morgan fingerprint density at radius 2 is 0.685 bits per heavy atom. The Morgan fingerprint density at radius 1 is 0.389 bits per heavy atom. The topological polar surface area (TPSA) is 179 Å². The summed E-state index contributed by atoms with van der Waals surface area (Å²) >= 11 is 0. The molecule has 2 aliphatic heterocycles. The molecule has 0 aromatic heterocycles. The van der Waals surface area contributed by atoms with Crippen LogP contribution in [0.1, 0.15) is 41.4 Å². The van der Waals surface area contributed by atoms with E-state index in [-0.39, 0.29) is 116 Å². The lowest BCUT2D eigenvalue weighted by Crippen LogP contribution is -2.17. The molecule has 0 unspecified atom stereocenters. The van der Waals surface area contributed by atoms with Gasteiger partial charge in [0.15, 0.2) is 46.0 Å². The van der Waals surface area contributed by atoms with Crippen molar-refractivity contribution in [2.24, 2.45) is 0 Å². The van der Waals surface area contributed by atoms with E-state index in [1.165, 1.54) is 93.3 Å². The summed E-state index contributed by atoms with van der Waals surface area (Å²) in [5, 5.41) is 0. The van der Waals surface area contributed by atoms with Gasteiger partial charge in [-0.05, 0) is 36.4 Å². The van der Waals surface area contributed by atoms with E-state index >= 15 is 0 Å². The predicted octanol–water partition coefficient (Wildman–Crippen LogP) is 5.01. The number of carbonyl (C=O) groups is 4. The smallest absolute Gasteiger partial charge is 0.237 e. The van der Waals surface area contributed by atoms with Crippen molar-refractivity contribution in [2.45, 2.75) is 0 Å². The third-order valence-corrected chi connectivity index (χ3v) is 8.65. The van der Waals surface area contributed by atoms with Crippen molar-refractivity contribution in [3.63, 3.8) is 0 Å². The molecule has 0 saturated heterocycles. The number of rotatable bonds is 15. The molecule has 16 nitrogen and oxygen atoms in total. The fourth-order valence-electron chi connectivity index (χ4n) is 6.16. The lowest BCUT2D eigenvalue weighted by molar-refractivity contribution is 0.0814. The van der Waals surface area contributed by atoms with Crippen LogP contribution in [0.3, 0.4) is 0 Å². The number of ether oxygens (including phenoxy) is 12. The van der Waals surface area contributed by atoms with Crippen LogP contribution >= 0.6 is 0 Å². The van der Waals surface area contributed by atoms with Gasteiger partial charge in [-0.3, -0.25) is 19.2 Å². The first kappa shape index (κ1) is 36.9. The Bertz CT molecular complexity index is 2000. The van der Waals surface area contributed by atoms with Gasteiger partial charge in [-0.1, -0.05) is 0 Å². The Balaban J connectivity index is 1.52. The normalized spacial score (nSPS) is 12.1. The van der Waals surface area contributed by atoms with Gasteiger partial charge < -0.3 is 56.8 Å². The third kappa shape index (κ3) is 6.00. The number of fused-ring (bicyclic) bond motifs is 2. The molecule has 282 valence electrons. The van der Waals surface area contributed by atoms with Crippen molar-refractivity contribution in [3.05, 3.63) is 58.7 Å². The fourth-order valence-corrected chi connectivity index (χ4v) is 6.16. The summed E-state index contributed by atoms with van der Waals surface area (Å²) in [5.74, 6) is -2.86. The van der Waals surface area contributed by atoms with Crippen LogP contribution in [0.25, 0.3) is 11.1 Å². The maximum Gasteiger partial charge on any atom is 0.237 e. The average Bonchev–Trinajstić information content (AvgIpc) is 3.91. The monoisotopic (exact) mass is 746 g/mol. The van der Waals surface area contributed by atoms with Crippen molar-refractivity contribution in [2.75, 3.05) is 70.5 Å². The van der Waals surface area contributed by atoms with Crippen molar-refractivity contribution in [1.82, 2.24) is 0 Å². The standard InChI is InChI=1S/C38H34O16/c1-43-23-9-17(10-24(44-2)35(23)49-7)27(39)29(41)21-13-19(33-37(31(21)47-5)53-15-51-33)20-14-22(32(48-6)38-34(20)52-16-54-38)30(42)28(40)18-11-25(45-3)36(50-8)26(12-18)46-4/h9-14H,15-16H2,1-8H3. The highest BCUT2D eigenvalue weighted by Crippen LogP contribution is 2.56. The third-order valence-electron chi connectivity index (χ3n) is 8.65. The summed E-state index contributed by atoms with van der Waals surface area (Å²) in [6.45, 7) is -0.559. The van der Waals surface area contributed by atoms with Crippen LogP contribution in [0, 0.1) is 0 Å². The zero-order valence-electron chi connectivity index (χ0n) is 30.4. The van der Waals surface area contributed by atoms with E-state index < -0.39 is 23.1 Å². The van der Waals surface area contributed by atoms with Crippen LogP contribution in [0.4, 0.5) is 0 Å². The molecule has 0 saturated carbocycles. The Hall–Kier alpha value is -6.84. The largest absolute Gasteiger partial charge is 0.493 e. The van der Waals surface area contributed by atoms with Gasteiger partial charge in [0.2, 0.25) is 59.7 Å². The number of benzene rings is 4. The number of hydrogen-bond acceptors (Lipinski definition) is 16. The van der Waals surface area contributed by atoms with E-state index in [2.05, 4.69) is 0 Å². The molecule has 0 atom stereocenters. The molecule has 0 spiro atoms. The molecule has 4 aromatic rings. The van der Waals surface area contributed by atoms with Gasteiger partial charge in [0.1, 0.15) is 0 Å².